The van der Waals surface area contributed by atoms with Crippen molar-refractivity contribution < 1.29 is 19.1 Å². The Hall–Kier alpha value is -3.08. The summed E-state index contributed by atoms with van der Waals surface area (Å²) in [5.74, 6) is -0.296. The minimum atomic E-state index is -0.656. The van der Waals surface area contributed by atoms with Crippen molar-refractivity contribution in [1.82, 2.24) is 9.80 Å². The summed E-state index contributed by atoms with van der Waals surface area (Å²) in [6.45, 7) is 1.02. The van der Waals surface area contributed by atoms with E-state index in [-0.39, 0.29) is 31.3 Å². The third-order valence-corrected chi connectivity index (χ3v) is 4.86. The molecule has 0 aliphatic carbocycles. The fourth-order valence-corrected chi connectivity index (χ4v) is 3.34. The Morgan fingerprint density at radius 1 is 1.22 bits per heavy atom. The fourth-order valence-electron chi connectivity index (χ4n) is 3.34. The van der Waals surface area contributed by atoms with Gasteiger partial charge in [-0.05, 0) is 43.5 Å². The predicted molar refractivity (Wildman–Crippen MR) is 96.7 cm³/mol. The molecule has 1 aromatic rings. The first-order valence-corrected chi connectivity index (χ1v) is 9.03. The van der Waals surface area contributed by atoms with Gasteiger partial charge in [0.15, 0.2) is 0 Å². The minimum absolute atomic E-state index is 0.0886. The second-order valence-electron chi connectivity index (χ2n) is 6.77. The Bertz CT molecular complexity index is 743. The topological polar surface area (TPSA) is 103 Å². The van der Waals surface area contributed by atoms with Gasteiger partial charge in [-0.15, -0.1) is 0 Å². The van der Waals surface area contributed by atoms with Gasteiger partial charge < -0.3 is 19.9 Å². The first kappa shape index (κ1) is 18.7. The first-order chi connectivity index (χ1) is 13.1. The Morgan fingerprint density at radius 2 is 2.00 bits per heavy atom. The van der Waals surface area contributed by atoms with E-state index < -0.39 is 12.0 Å². The molecule has 3 aliphatic heterocycles. The van der Waals surface area contributed by atoms with Gasteiger partial charge in [0.25, 0.3) is 0 Å². The van der Waals surface area contributed by atoms with Crippen LogP contribution in [0.1, 0.15) is 19.3 Å². The highest BCUT2D eigenvalue weighted by Gasteiger charge is 2.39. The van der Waals surface area contributed by atoms with Crippen LogP contribution in [0.25, 0.3) is 0 Å². The molecule has 4 rings (SSSR count). The summed E-state index contributed by atoms with van der Waals surface area (Å²) >= 11 is 0. The van der Waals surface area contributed by atoms with E-state index in [2.05, 4.69) is 11.4 Å². The third kappa shape index (κ3) is 4.56. The van der Waals surface area contributed by atoms with Crippen LogP contribution >= 0.6 is 0 Å². The number of ether oxygens (including phenoxy) is 1. The molecule has 3 heterocycles. The zero-order valence-corrected chi connectivity index (χ0v) is 15.0. The molecule has 0 aromatic heterocycles. The maximum atomic E-state index is 12.6. The normalized spacial score (nSPS) is 24.0. The number of fused-ring (bicyclic) bond motifs is 10. The molecule has 0 radical (unpaired) electrons. The molecular weight excluding hydrogens is 348 g/mol. The summed E-state index contributed by atoms with van der Waals surface area (Å²) in [7, 11) is 0. The third-order valence-electron chi connectivity index (χ3n) is 4.86. The molecule has 3 aliphatic rings. The molecule has 0 spiro atoms. The summed E-state index contributed by atoms with van der Waals surface area (Å²) in [5.41, 5.74) is 0.641. The molecule has 27 heavy (non-hydrogen) atoms. The van der Waals surface area contributed by atoms with Crippen molar-refractivity contribution in [2.24, 2.45) is 5.92 Å². The van der Waals surface area contributed by atoms with Crippen molar-refractivity contribution in [2.75, 3.05) is 31.6 Å². The second-order valence-corrected chi connectivity index (χ2v) is 6.77. The monoisotopic (exact) mass is 370 g/mol. The van der Waals surface area contributed by atoms with Gasteiger partial charge in [0, 0.05) is 18.8 Å². The number of nitrogens with zero attached hydrogens (tertiary/aromatic N) is 3. The average Bonchev–Trinajstić information content (AvgIpc) is 3.12. The highest BCUT2D eigenvalue weighted by molar-refractivity contribution is 5.94. The smallest absolute Gasteiger partial charge is 0.243 e. The van der Waals surface area contributed by atoms with Crippen molar-refractivity contribution in [3.8, 4) is 11.8 Å². The number of hydrogen-bond donors (Lipinski definition) is 1. The quantitative estimate of drug-likeness (QED) is 0.743. The van der Waals surface area contributed by atoms with E-state index in [4.69, 9.17) is 4.74 Å². The van der Waals surface area contributed by atoms with Gasteiger partial charge in [-0.25, -0.2) is 0 Å². The SMILES string of the molecule is N#CC1CC2CN1C(=O)CN(C=O)CCCCOc1ccc(cc1)NC2=O. The van der Waals surface area contributed by atoms with Gasteiger partial charge in [-0.2, -0.15) is 5.26 Å². The molecule has 8 heteroatoms. The van der Waals surface area contributed by atoms with Crippen molar-refractivity contribution >= 4 is 23.9 Å². The summed E-state index contributed by atoms with van der Waals surface area (Å²) in [6, 6.07) is 8.54. The van der Waals surface area contributed by atoms with E-state index in [0.717, 1.165) is 6.42 Å². The van der Waals surface area contributed by atoms with Crippen LogP contribution in [0.4, 0.5) is 5.69 Å². The van der Waals surface area contributed by atoms with E-state index in [1.807, 2.05) is 0 Å². The molecule has 1 saturated heterocycles. The van der Waals surface area contributed by atoms with Crippen molar-refractivity contribution in [1.29, 1.82) is 5.26 Å². The summed E-state index contributed by atoms with van der Waals surface area (Å²) in [6.07, 6.45) is 2.38. The number of carbonyl (C=O) groups is 3. The van der Waals surface area contributed by atoms with Crippen LogP contribution in [0.15, 0.2) is 24.3 Å². The Kier molecular flexibility index (Phi) is 5.91. The van der Waals surface area contributed by atoms with Crippen LogP contribution in [0.5, 0.6) is 5.75 Å². The number of rotatable bonds is 1. The van der Waals surface area contributed by atoms with E-state index in [9.17, 15) is 19.6 Å². The number of nitrogens with one attached hydrogen (secondary N) is 1. The van der Waals surface area contributed by atoms with Gasteiger partial charge in [-0.1, -0.05) is 0 Å². The first-order valence-electron chi connectivity index (χ1n) is 9.03. The van der Waals surface area contributed by atoms with Gasteiger partial charge in [0.05, 0.1) is 25.1 Å². The van der Waals surface area contributed by atoms with Crippen LogP contribution in [0.2, 0.25) is 0 Å². The maximum absolute atomic E-state index is 12.6. The van der Waals surface area contributed by atoms with Gasteiger partial charge >= 0.3 is 0 Å². The van der Waals surface area contributed by atoms with E-state index in [1.165, 1.54) is 9.80 Å². The van der Waals surface area contributed by atoms with E-state index >= 15 is 0 Å². The Morgan fingerprint density at radius 3 is 2.70 bits per heavy atom. The lowest BCUT2D eigenvalue weighted by molar-refractivity contribution is -0.136. The largest absolute Gasteiger partial charge is 0.494 e. The zero-order chi connectivity index (χ0) is 19.2. The molecule has 1 N–H and O–H groups in total. The van der Waals surface area contributed by atoms with Crippen molar-refractivity contribution in [3.63, 3.8) is 0 Å². The zero-order valence-electron chi connectivity index (χ0n) is 15.0. The average molecular weight is 370 g/mol. The maximum Gasteiger partial charge on any atom is 0.243 e. The van der Waals surface area contributed by atoms with Gasteiger partial charge in [-0.3, -0.25) is 14.4 Å². The van der Waals surface area contributed by atoms with Crippen molar-refractivity contribution in [3.05, 3.63) is 24.3 Å². The van der Waals surface area contributed by atoms with E-state index in [0.29, 0.717) is 37.4 Å². The number of carbonyl (C=O) groups excluding carboxylic acids is 3. The van der Waals surface area contributed by atoms with Crippen molar-refractivity contribution in [2.45, 2.75) is 25.3 Å². The van der Waals surface area contributed by atoms with E-state index in [1.54, 1.807) is 24.3 Å². The highest BCUT2D eigenvalue weighted by atomic mass is 16.5. The number of anilines is 1. The summed E-state index contributed by atoms with van der Waals surface area (Å²) in [4.78, 5) is 39.2. The standard InChI is InChI=1S/C19H22N4O4/c20-10-16-9-14-11-23(16)18(25)12-22(13-24)7-1-2-8-27-17-5-3-15(4-6-17)21-19(14)26/h3-6,13-14,16H,1-2,7-9,11-12H2,(H,21,26). The second kappa shape index (κ2) is 8.54. The molecule has 2 atom stereocenters. The molecule has 2 unspecified atom stereocenters. The molecule has 1 aromatic carbocycles. The fraction of sp³-hybridized carbons (Fsp3) is 0.474. The lowest BCUT2D eigenvalue weighted by Gasteiger charge is -2.23. The Balaban J connectivity index is 1.79. The van der Waals surface area contributed by atoms with Crippen LogP contribution in [0, 0.1) is 17.2 Å². The highest BCUT2D eigenvalue weighted by Crippen LogP contribution is 2.25. The van der Waals surface area contributed by atoms with Crippen LogP contribution in [-0.4, -0.2) is 60.3 Å². The molecule has 1 fully saturated rings. The van der Waals surface area contributed by atoms with Gasteiger partial charge in [0.1, 0.15) is 11.8 Å². The minimum Gasteiger partial charge on any atom is -0.494 e. The molecule has 142 valence electrons. The molecular formula is C19H22N4O4. The summed E-state index contributed by atoms with van der Waals surface area (Å²) < 4.78 is 5.65. The molecule has 3 amide bonds. The van der Waals surface area contributed by atoms with Crippen LogP contribution in [0.3, 0.4) is 0 Å². The lowest BCUT2D eigenvalue weighted by atomic mass is 10.1. The van der Waals surface area contributed by atoms with Crippen LogP contribution in [-0.2, 0) is 14.4 Å². The number of amides is 3. The predicted octanol–water partition coefficient (Wildman–Crippen LogP) is 0.997. The molecule has 8 nitrogen and oxygen atoms in total. The Labute approximate surface area is 157 Å². The summed E-state index contributed by atoms with van der Waals surface area (Å²) in [5, 5.41) is 12.2. The van der Waals surface area contributed by atoms with Gasteiger partial charge in [0.2, 0.25) is 18.2 Å². The number of benzene rings is 1. The lowest BCUT2D eigenvalue weighted by Crippen LogP contribution is -2.42. The van der Waals surface area contributed by atoms with Crippen LogP contribution < -0.4 is 10.1 Å². The molecule has 0 saturated carbocycles. The molecule has 4 bridgehead atoms. The number of nitriles is 1. The number of hydrogen-bond acceptors (Lipinski definition) is 5.